The van der Waals surface area contributed by atoms with Gasteiger partial charge in [0, 0.05) is 12.1 Å². The average Bonchev–Trinajstić information content (AvgIpc) is 3.49. The van der Waals surface area contributed by atoms with Gasteiger partial charge in [-0.25, -0.2) is 13.1 Å². The van der Waals surface area contributed by atoms with Gasteiger partial charge in [0.1, 0.15) is 28.6 Å². The Kier molecular flexibility index (Phi) is 6.51. The van der Waals surface area contributed by atoms with Gasteiger partial charge in [0.25, 0.3) is 0 Å². The van der Waals surface area contributed by atoms with E-state index < -0.39 is 40.5 Å². The summed E-state index contributed by atoms with van der Waals surface area (Å²) in [5.74, 6) is 6.74. The molecule has 4 N–H and O–H groups in total. The SMILES string of the molecule is C[C@@H]1O[C@H](CNS(=O)(=O)c2ccc(C#Cc3ccc(C4CC4)cc3)s2)[C@@H](O)[C@H](O)[C@@H]1O. The molecule has 0 radical (unpaired) electrons. The Labute approximate surface area is 185 Å². The molecule has 4 rings (SSSR count). The van der Waals surface area contributed by atoms with E-state index in [1.165, 1.54) is 24.5 Å². The lowest BCUT2D eigenvalue weighted by Crippen LogP contribution is -2.59. The maximum atomic E-state index is 12.6. The third-order valence-corrected chi connectivity index (χ3v) is 8.48. The maximum absolute atomic E-state index is 12.6. The highest BCUT2D eigenvalue weighted by atomic mass is 32.2. The normalized spacial score (nSPS) is 28.7. The molecule has 0 bridgehead atoms. The van der Waals surface area contributed by atoms with Gasteiger partial charge in [-0.15, -0.1) is 11.3 Å². The van der Waals surface area contributed by atoms with Crippen LogP contribution in [0, 0.1) is 11.8 Å². The molecule has 2 fully saturated rings. The lowest BCUT2D eigenvalue weighted by Gasteiger charge is -2.39. The van der Waals surface area contributed by atoms with Crippen molar-refractivity contribution < 1.29 is 28.5 Å². The summed E-state index contributed by atoms with van der Waals surface area (Å²) < 4.78 is 33.1. The lowest BCUT2D eigenvalue weighted by molar-refractivity contribution is -0.214. The molecule has 1 aliphatic carbocycles. The van der Waals surface area contributed by atoms with Gasteiger partial charge >= 0.3 is 0 Å². The molecule has 166 valence electrons. The minimum absolute atomic E-state index is 0.0970. The van der Waals surface area contributed by atoms with E-state index in [2.05, 4.69) is 28.7 Å². The monoisotopic (exact) mass is 463 g/mol. The smallest absolute Gasteiger partial charge is 0.250 e. The predicted molar refractivity (Wildman–Crippen MR) is 116 cm³/mol. The summed E-state index contributed by atoms with van der Waals surface area (Å²) >= 11 is 1.05. The van der Waals surface area contributed by atoms with Crippen LogP contribution >= 0.6 is 11.3 Å². The first-order chi connectivity index (χ1) is 14.7. The number of nitrogens with one attached hydrogen (secondary N) is 1. The van der Waals surface area contributed by atoms with Crippen LogP contribution in [0.4, 0.5) is 0 Å². The van der Waals surface area contributed by atoms with E-state index >= 15 is 0 Å². The predicted octanol–water partition coefficient (Wildman–Crippen LogP) is 1.17. The number of rotatable bonds is 5. The maximum Gasteiger partial charge on any atom is 0.250 e. The van der Waals surface area contributed by atoms with Crippen LogP contribution in [0.2, 0.25) is 0 Å². The van der Waals surface area contributed by atoms with Crippen molar-refractivity contribution in [3.8, 4) is 11.8 Å². The second-order valence-electron chi connectivity index (χ2n) is 7.97. The summed E-state index contributed by atoms with van der Waals surface area (Å²) in [6.07, 6.45) is -3.23. The summed E-state index contributed by atoms with van der Waals surface area (Å²) in [4.78, 5) is 0.618. The van der Waals surface area contributed by atoms with Crippen LogP contribution in [0.1, 0.15) is 41.7 Å². The van der Waals surface area contributed by atoms with Crippen LogP contribution in [0.15, 0.2) is 40.6 Å². The summed E-state index contributed by atoms with van der Waals surface area (Å²) in [5.41, 5.74) is 2.21. The fraction of sp³-hybridized carbons (Fsp3) is 0.455. The fourth-order valence-electron chi connectivity index (χ4n) is 3.49. The second kappa shape index (κ2) is 9.00. The zero-order chi connectivity index (χ0) is 22.2. The van der Waals surface area contributed by atoms with Crippen molar-refractivity contribution in [3.05, 3.63) is 52.4 Å². The molecule has 9 heteroatoms. The van der Waals surface area contributed by atoms with Crippen molar-refractivity contribution in [1.29, 1.82) is 0 Å². The number of benzene rings is 1. The third-order valence-electron chi connectivity index (χ3n) is 5.56. The summed E-state index contributed by atoms with van der Waals surface area (Å²) in [6.45, 7) is 1.31. The molecule has 0 spiro atoms. The van der Waals surface area contributed by atoms with Gasteiger partial charge in [0.05, 0.1) is 11.0 Å². The Morgan fingerprint density at radius 1 is 1.03 bits per heavy atom. The van der Waals surface area contributed by atoms with Crippen LogP contribution in [0.5, 0.6) is 0 Å². The molecule has 1 aliphatic heterocycles. The van der Waals surface area contributed by atoms with E-state index in [4.69, 9.17) is 4.74 Å². The van der Waals surface area contributed by atoms with Gasteiger partial charge in [-0.3, -0.25) is 0 Å². The molecule has 2 aromatic rings. The van der Waals surface area contributed by atoms with E-state index in [9.17, 15) is 23.7 Å². The van der Waals surface area contributed by atoms with Gasteiger partial charge in [-0.1, -0.05) is 24.0 Å². The third kappa shape index (κ3) is 5.18. The van der Waals surface area contributed by atoms with Gasteiger partial charge in [0.15, 0.2) is 0 Å². The first kappa shape index (κ1) is 22.4. The summed E-state index contributed by atoms with van der Waals surface area (Å²) in [6, 6.07) is 11.3. The van der Waals surface area contributed by atoms with Crippen molar-refractivity contribution >= 4 is 21.4 Å². The van der Waals surface area contributed by atoms with Crippen LogP contribution in [-0.2, 0) is 14.8 Å². The number of hydrogen-bond donors (Lipinski definition) is 4. The Morgan fingerprint density at radius 3 is 2.42 bits per heavy atom. The van der Waals surface area contributed by atoms with Crippen LogP contribution in [0.25, 0.3) is 0 Å². The number of thiophene rings is 1. The van der Waals surface area contributed by atoms with Gasteiger partial charge in [-0.05, 0) is 55.5 Å². The molecule has 2 heterocycles. The standard InChI is InChI=1S/C22H25NO6S2/c1-13-20(24)22(26)21(25)18(29-13)12-23-31(27,28)19-11-10-17(30-19)9-4-14-2-5-15(6-3-14)16-7-8-16/h2-3,5-6,10-11,13,16,18,20-26H,7-8,12H2,1H3/t13-,18+,20+,21+,22+/m0/s1. The van der Waals surface area contributed by atoms with E-state index in [0.717, 1.165) is 16.9 Å². The van der Waals surface area contributed by atoms with Crippen molar-refractivity contribution in [2.75, 3.05) is 6.54 Å². The molecule has 1 saturated carbocycles. The molecule has 31 heavy (non-hydrogen) atoms. The zero-order valence-corrected chi connectivity index (χ0v) is 18.6. The fourth-order valence-corrected chi connectivity index (χ4v) is 5.74. The minimum atomic E-state index is -3.84. The Balaban J connectivity index is 1.38. The Hall–Kier alpha value is -1.77. The first-order valence-electron chi connectivity index (χ1n) is 10.2. The van der Waals surface area contributed by atoms with Crippen LogP contribution in [0.3, 0.4) is 0 Å². The topological polar surface area (TPSA) is 116 Å². The number of sulfonamides is 1. The van der Waals surface area contributed by atoms with Crippen LogP contribution < -0.4 is 4.72 Å². The zero-order valence-electron chi connectivity index (χ0n) is 16.9. The number of hydrogen-bond acceptors (Lipinski definition) is 7. The molecule has 1 saturated heterocycles. The van der Waals surface area contributed by atoms with Crippen molar-refractivity contribution in [2.45, 2.75) is 60.4 Å². The van der Waals surface area contributed by atoms with Crippen molar-refractivity contribution in [3.63, 3.8) is 0 Å². The van der Waals surface area contributed by atoms with E-state index in [-0.39, 0.29) is 10.8 Å². The van der Waals surface area contributed by atoms with Crippen molar-refractivity contribution in [1.82, 2.24) is 4.72 Å². The quantitative estimate of drug-likeness (QED) is 0.495. The number of ether oxygens (including phenoxy) is 1. The molecule has 0 unspecified atom stereocenters. The highest BCUT2D eigenvalue weighted by Crippen LogP contribution is 2.39. The lowest BCUT2D eigenvalue weighted by atomic mass is 9.96. The summed E-state index contributed by atoms with van der Waals surface area (Å²) in [5, 5.41) is 29.6. The largest absolute Gasteiger partial charge is 0.388 e. The molecule has 1 aromatic heterocycles. The molecule has 1 aromatic carbocycles. The average molecular weight is 464 g/mol. The first-order valence-corrected chi connectivity index (χ1v) is 12.5. The minimum Gasteiger partial charge on any atom is -0.388 e. The molecule has 0 amide bonds. The van der Waals surface area contributed by atoms with E-state index in [1.54, 1.807) is 13.0 Å². The van der Waals surface area contributed by atoms with E-state index in [1.807, 2.05) is 12.1 Å². The molecular formula is C22H25NO6S2. The molecular weight excluding hydrogens is 438 g/mol. The van der Waals surface area contributed by atoms with Crippen molar-refractivity contribution in [2.24, 2.45) is 0 Å². The number of aliphatic hydroxyl groups excluding tert-OH is 3. The number of aliphatic hydroxyl groups is 3. The molecule has 2 aliphatic rings. The highest BCUT2D eigenvalue weighted by molar-refractivity contribution is 7.91. The Morgan fingerprint density at radius 2 is 1.74 bits per heavy atom. The van der Waals surface area contributed by atoms with Gasteiger partial charge in [0.2, 0.25) is 10.0 Å². The highest BCUT2D eigenvalue weighted by Gasteiger charge is 2.42. The second-order valence-corrected chi connectivity index (χ2v) is 11.0. The van der Waals surface area contributed by atoms with E-state index in [0.29, 0.717) is 10.8 Å². The van der Waals surface area contributed by atoms with Crippen LogP contribution in [-0.4, -0.2) is 60.8 Å². The Bertz CT molecular complexity index is 1080. The summed E-state index contributed by atoms with van der Waals surface area (Å²) in [7, 11) is -3.84. The van der Waals surface area contributed by atoms with Gasteiger partial charge < -0.3 is 20.1 Å². The van der Waals surface area contributed by atoms with Gasteiger partial charge in [-0.2, -0.15) is 0 Å². The molecule has 7 nitrogen and oxygen atoms in total. The molecule has 5 atom stereocenters.